The van der Waals surface area contributed by atoms with Gasteiger partial charge in [-0.2, -0.15) is 0 Å². The molecule has 0 aromatic rings. The number of ether oxygens (including phenoxy) is 7. The number of Topliss-reactive ketones (excluding diaryl/α,β-unsaturated/α-hetero) is 2. The summed E-state index contributed by atoms with van der Waals surface area (Å²) in [6.07, 6.45) is 27.7. The van der Waals surface area contributed by atoms with Gasteiger partial charge in [0.2, 0.25) is 11.8 Å². The van der Waals surface area contributed by atoms with Gasteiger partial charge in [-0.25, -0.2) is 9.13 Å². The van der Waals surface area contributed by atoms with Crippen LogP contribution in [0.5, 0.6) is 0 Å². The highest BCUT2D eigenvalue weighted by atomic mass is 31.2. The van der Waals surface area contributed by atoms with Gasteiger partial charge in [0.25, 0.3) is 0 Å². The van der Waals surface area contributed by atoms with Crippen molar-refractivity contribution in [1.29, 1.82) is 0 Å². The van der Waals surface area contributed by atoms with Gasteiger partial charge in [0, 0.05) is 39.8 Å². The molecule has 8 N–H and O–H groups in total. The molecule has 0 aromatic heterocycles. The number of methoxy groups -OCH3 is 1. The molecule has 25 heteroatoms. The number of allylic oxidation sites excluding steroid dienone is 2. The van der Waals surface area contributed by atoms with Crippen LogP contribution in [0.4, 0.5) is 0 Å². The van der Waals surface area contributed by atoms with Crippen molar-refractivity contribution in [3.05, 3.63) is 12.2 Å². The van der Waals surface area contributed by atoms with Crippen LogP contribution in [0, 0.1) is 0 Å². The summed E-state index contributed by atoms with van der Waals surface area (Å²) in [6, 6.07) is -3.16. The van der Waals surface area contributed by atoms with Gasteiger partial charge in [0.05, 0.1) is 38.3 Å². The Kier molecular flexibility index (Phi) is 54.6. The van der Waals surface area contributed by atoms with Crippen molar-refractivity contribution in [3.63, 3.8) is 0 Å². The molecule has 0 unspecified atom stereocenters. The van der Waals surface area contributed by atoms with Crippen LogP contribution in [0.25, 0.3) is 0 Å². The lowest BCUT2D eigenvalue weighted by molar-refractivity contribution is -0.301. The molecule has 2 aliphatic rings. The molecule has 2 saturated heterocycles. The zero-order valence-corrected chi connectivity index (χ0v) is 63.2. The van der Waals surface area contributed by atoms with Gasteiger partial charge in [0.1, 0.15) is 60.3 Å². The highest BCUT2D eigenvalue weighted by molar-refractivity contribution is 7.46. The van der Waals surface area contributed by atoms with Crippen molar-refractivity contribution in [3.8, 4) is 0 Å². The highest BCUT2D eigenvalue weighted by Crippen LogP contribution is 2.44. The second-order valence-corrected chi connectivity index (χ2v) is 29.8. The number of ketones is 2. The number of rotatable bonds is 66. The van der Waals surface area contributed by atoms with Crippen LogP contribution in [0.15, 0.2) is 12.2 Å². The van der Waals surface area contributed by atoms with Crippen LogP contribution in [-0.2, 0) is 70.5 Å². The van der Waals surface area contributed by atoms with E-state index in [1.54, 1.807) is 0 Å². The SMILES string of the molecule is CCCCCC/C=C\CCCCO[C@@H](CCCCCCC)CCO[C@@H]1[C@@H](NC(=O)CC(=O)CCCCCCCCCCC)[C@H](OC[C@H]2O[C@@H](OP(=O)(O)O)[C@H](NC(=O)CC(=O)CCCCCCCCCCC)[C@@H](OCC[C@@H](O)CCCCCCC)[C@@H]2O)O[C@H](COC)[C@H]1OP(=O)(O)O. The van der Waals surface area contributed by atoms with Gasteiger partial charge >= 0.3 is 15.6 Å². The number of carbonyl (C=O) groups is 4. The Morgan fingerprint density at radius 1 is 0.449 bits per heavy atom. The van der Waals surface area contributed by atoms with Crippen molar-refractivity contribution >= 4 is 39.0 Å². The van der Waals surface area contributed by atoms with E-state index >= 15 is 0 Å². The van der Waals surface area contributed by atoms with E-state index in [9.17, 15) is 58.1 Å². The van der Waals surface area contributed by atoms with Crippen LogP contribution in [-0.4, -0.2) is 167 Å². The topological polar surface area (TPSA) is 331 Å². The van der Waals surface area contributed by atoms with Crippen LogP contribution in [0.3, 0.4) is 0 Å². The Bertz CT molecular complexity index is 2140. The average molecular weight is 1440 g/mol. The first-order valence-electron chi connectivity index (χ1n) is 38.6. The van der Waals surface area contributed by atoms with E-state index in [2.05, 4.69) is 57.4 Å². The molecule has 0 aliphatic carbocycles. The maximum atomic E-state index is 14.3. The fourth-order valence-electron chi connectivity index (χ4n) is 12.7. The van der Waals surface area contributed by atoms with Crippen molar-refractivity contribution in [1.82, 2.24) is 10.6 Å². The average Bonchev–Trinajstić information content (AvgIpc) is 0.787. The molecule has 0 saturated carbocycles. The summed E-state index contributed by atoms with van der Waals surface area (Å²) in [7, 11) is -9.54. The first-order valence-corrected chi connectivity index (χ1v) is 41.6. The Morgan fingerprint density at radius 3 is 1.36 bits per heavy atom. The predicted molar refractivity (Wildman–Crippen MR) is 381 cm³/mol. The summed E-state index contributed by atoms with van der Waals surface area (Å²) in [6.45, 7) is 9.93. The summed E-state index contributed by atoms with van der Waals surface area (Å²) in [4.78, 5) is 96.5. The Morgan fingerprint density at radius 2 is 0.867 bits per heavy atom. The van der Waals surface area contributed by atoms with Crippen molar-refractivity contribution in [2.45, 2.75) is 391 Å². The van der Waals surface area contributed by atoms with E-state index in [0.717, 1.165) is 167 Å². The second-order valence-electron chi connectivity index (χ2n) is 27.4. The summed E-state index contributed by atoms with van der Waals surface area (Å²) in [5, 5.41) is 28.8. The fraction of sp³-hybridized carbons (Fsp3) is 0.918. The maximum absolute atomic E-state index is 14.3. The Balaban J connectivity index is 2.61. The van der Waals surface area contributed by atoms with Gasteiger partial charge in [-0.05, 0) is 70.6 Å². The first-order chi connectivity index (χ1) is 47.2. The molecule has 0 bridgehead atoms. The molecule has 23 nitrogen and oxygen atoms in total. The molecule has 0 aromatic carbocycles. The normalized spacial score (nSPS) is 22.2. The minimum Gasteiger partial charge on any atom is -0.393 e. The molecule has 2 aliphatic heterocycles. The number of phosphoric ester groups is 2. The second kappa shape index (κ2) is 58.2. The number of nitrogens with one attached hydrogen (secondary N) is 2. The number of carbonyl (C=O) groups excluding carboxylic acids is 4. The highest BCUT2D eigenvalue weighted by Gasteiger charge is 2.53. The summed E-state index contributed by atoms with van der Waals surface area (Å²) in [5.74, 6) is -2.35. The summed E-state index contributed by atoms with van der Waals surface area (Å²) >= 11 is 0. The van der Waals surface area contributed by atoms with Crippen LogP contribution in [0.1, 0.15) is 317 Å². The molecule has 2 heterocycles. The monoisotopic (exact) mass is 1440 g/mol. The zero-order valence-electron chi connectivity index (χ0n) is 61.4. The standard InChI is InChI=1S/C73H138N2O21P2/c1-7-12-17-22-25-28-31-34-39-44-51-89-61(48-43-36-21-16-11-5)50-53-91-71-67(75-65(80)55-60(78)47-42-38-33-30-27-24-19-14-9-3)72(94-63(56-88-6)69(71)95-97(82,83)84)92-57-62-68(81)70(90-52-49-58(76)45-40-35-20-15-10-4)66(73(93-62)96-98(85,86)87)74-64(79)54-59(77)46-41-37-32-29-26-23-18-13-8-2/h28,31,58,61-63,66-73,76,81H,7-27,29-30,32-57H2,1-6H3,(H,74,79)(H,75,80)(H2,82,83,84)(H2,85,86,87)/b31-28-/t58-,61-,62+,63+,66+,67+,68+,69+,70+,71+,72+,73-/m0/s1. The number of amides is 2. The minimum atomic E-state index is -5.49. The van der Waals surface area contributed by atoms with Crippen molar-refractivity contribution in [2.24, 2.45) is 0 Å². The number of aliphatic hydroxyl groups excluding tert-OH is 2. The van der Waals surface area contributed by atoms with Crippen molar-refractivity contribution < 1.29 is 100 Å². The van der Waals surface area contributed by atoms with Gasteiger partial charge in [-0.1, -0.05) is 233 Å². The van der Waals surface area contributed by atoms with E-state index in [1.165, 1.54) is 58.5 Å². The summed E-state index contributed by atoms with van der Waals surface area (Å²) < 4.78 is 80.4. The molecular formula is C73H138N2O21P2. The number of hydrogen-bond donors (Lipinski definition) is 8. The third-order valence-electron chi connectivity index (χ3n) is 18.4. The Labute approximate surface area is 590 Å². The third-order valence-corrected chi connectivity index (χ3v) is 19.4. The molecular weight excluding hydrogens is 1300 g/mol. The predicted octanol–water partition coefficient (Wildman–Crippen LogP) is 14.5. The quantitative estimate of drug-likeness (QED) is 0.0121. The molecule has 12 atom stereocenters. The van der Waals surface area contributed by atoms with Gasteiger partial charge in [0.15, 0.2) is 12.6 Å². The molecule has 2 fully saturated rings. The lowest BCUT2D eigenvalue weighted by atomic mass is 9.95. The number of unbranched alkanes of at least 4 members (excludes halogenated alkanes) is 30. The van der Waals surface area contributed by atoms with Gasteiger partial charge in [-0.15, -0.1) is 0 Å². The van der Waals surface area contributed by atoms with Crippen LogP contribution >= 0.6 is 15.6 Å². The van der Waals surface area contributed by atoms with E-state index in [4.69, 9.17) is 42.2 Å². The molecule has 2 rings (SSSR count). The van der Waals surface area contributed by atoms with Gasteiger partial charge < -0.3 is 73.6 Å². The zero-order chi connectivity index (χ0) is 72.1. The molecule has 98 heavy (non-hydrogen) atoms. The van der Waals surface area contributed by atoms with Gasteiger partial charge in [-0.3, -0.25) is 28.2 Å². The summed E-state index contributed by atoms with van der Waals surface area (Å²) in [5.41, 5.74) is 0. The van der Waals surface area contributed by atoms with Crippen LogP contribution in [0.2, 0.25) is 0 Å². The molecule has 2 amide bonds. The van der Waals surface area contributed by atoms with E-state index in [-0.39, 0.29) is 56.8 Å². The fourth-order valence-corrected chi connectivity index (χ4v) is 13.7. The first kappa shape index (κ1) is 92.0. The number of aliphatic hydroxyl groups is 2. The van der Waals surface area contributed by atoms with E-state index in [0.29, 0.717) is 38.7 Å². The number of phosphoric acid groups is 2. The molecule has 0 radical (unpaired) electrons. The molecule has 0 spiro atoms. The lowest BCUT2D eigenvalue weighted by Gasteiger charge is -2.47. The van der Waals surface area contributed by atoms with E-state index < -0.39 is 114 Å². The third kappa shape index (κ3) is 45.9. The lowest BCUT2D eigenvalue weighted by Crippen LogP contribution is -2.67. The Hall–Kier alpha value is -2.12. The smallest absolute Gasteiger partial charge is 0.393 e. The largest absolute Gasteiger partial charge is 0.472 e. The minimum absolute atomic E-state index is 0.0706. The maximum Gasteiger partial charge on any atom is 0.472 e. The van der Waals surface area contributed by atoms with E-state index in [1.807, 2.05) is 0 Å². The number of hydrogen-bond acceptors (Lipinski definition) is 17. The van der Waals surface area contributed by atoms with Crippen molar-refractivity contribution in [2.75, 3.05) is 40.1 Å². The van der Waals surface area contributed by atoms with Crippen LogP contribution < -0.4 is 10.6 Å². The molecule has 576 valence electrons.